The summed E-state index contributed by atoms with van der Waals surface area (Å²) < 4.78 is 19.9. The average Bonchev–Trinajstić information content (AvgIpc) is 3.15. The molecular formula is C20H25BIN3O3S. The normalized spacial score (nSPS) is 19.1. The van der Waals surface area contributed by atoms with Crippen LogP contribution in [0.5, 0.6) is 0 Å². The first kappa shape index (κ1) is 22.4. The number of hydrogen-bond acceptors (Lipinski definition) is 6. The van der Waals surface area contributed by atoms with E-state index in [0.29, 0.717) is 5.90 Å². The summed E-state index contributed by atoms with van der Waals surface area (Å²) in [5.74, 6) is 0.531. The summed E-state index contributed by atoms with van der Waals surface area (Å²) in [5, 5.41) is 0.965. The van der Waals surface area contributed by atoms with Crippen LogP contribution in [0.4, 0.5) is 0 Å². The summed E-state index contributed by atoms with van der Waals surface area (Å²) in [6.45, 7) is 12.0. The molecular weight excluding hydrogens is 500 g/mol. The van der Waals surface area contributed by atoms with Gasteiger partial charge < -0.3 is 14.0 Å². The number of methoxy groups -OCH3 is 1. The van der Waals surface area contributed by atoms with Gasteiger partial charge in [0.05, 0.1) is 18.3 Å². The number of halogens is 1. The molecule has 1 aliphatic heterocycles. The first-order valence-corrected chi connectivity index (χ1v) is 12.5. The maximum atomic E-state index is 6.21. The Morgan fingerprint density at radius 1 is 1.34 bits per heavy atom. The molecule has 3 rings (SSSR count). The molecule has 0 bridgehead atoms. The fourth-order valence-corrected chi connectivity index (χ4v) is 4.44. The van der Waals surface area contributed by atoms with E-state index in [9.17, 15) is 0 Å². The molecule has 0 N–H and O–H groups in total. The Labute approximate surface area is 188 Å². The standard InChI is InChI=1S/C20H25BIN3O3S/c1-8-9-14(18(23-6)26-7)16-12-25(29-22)17-15(16)10-13(11-24-17)21-27-19(2,3)20(4,5)28-21/h8-12H,1H2,2-7H3/b14-9-,23-18?. The molecule has 29 heavy (non-hydrogen) atoms. The first-order chi connectivity index (χ1) is 13.7. The molecule has 0 amide bonds. The van der Waals surface area contributed by atoms with Crippen molar-refractivity contribution in [2.75, 3.05) is 14.2 Å². The molecule has 0 atom stereocenters. The number of rotatable bonds is 5. The highest BCUT2D eigenvalue weighted by Crippen LogP contribution is 2.37. The number of ether oxygens (including phenoxy) is 1. The second-order valence-corrected chi connectivity index (χ2v) is 9.43. The van der Waals surface area contributed by atoms with E-state index < -0.39 is 18.3 Å². The van der Waals surface area contributed by atoms with E-state index in [0.717, 1.165) is 27.6 Å². The highest BCUT2D eigenvalue weighted by Gasteiger charge is 2.51. The summed E-state index contributed by atoms with van der Waals surface area (Å²) in [6, 6.07) is 2.07. The van der Waals surface area contributed by atoms with E-state index in [2.05, 4.69) is 38.8 Å². The molecule has 1 saturated heterocycles. The molecule has 0 aliphatic carbocycles. The van der Waals surface area contributed by atoms with E-state index >= 15 is 0 Å². The minimum absolute atomic E-state index is 0.411. The van der Waals surface area contributed by atoms with Crippen LogP contribution in [0.3, 0.4) is 0 Å². The number of nitrogens with zero attached hydrogens (tertiary/aromatic N) is 3. The Bertz CT molecular complexity index is 984. The number of hydrogen-bond donors (Lipinski definition) is 0. The number of pyridine rings is 1. The molecule has 3 heterocycles. The van der Waals surface area contributed by atoms with Gasteiger partial charge in [-0.2, -0.15) is 0 Å². The van der Waals surface area contributed by atoms with Crippen LogP contribution in [-0.4, -0.2) is 47.3 Å². The topological polar surface area (TPSA) is 57.9 Å². The summed E-state index contributed by atoms with van der Waals surface area (Å²) in [5.41, 5.74) is 2.70. The maximum absolute atomic E-state index is 6.21. The Hall–Kier alpha value is -1.30. The van der Waals surface area contributed by atoms with Crippen molar-refractivity contribution in [3.05, 3.63) is 42.8 Å². The van der Waals surface area contributed by atoms with Crippen LogP contribution in [0.25, 0.3) is 16.6 Å². The zero-order valence-electron chi connectivity index (χ0n) is 17.5. The third kappa shape index (κ3) is 4.02. The molecule has 0 unspecified atom stereocenters. The molecule has 0 saturated carbocycles. The quantitative estimate of drug-likeness (QED) is 0.190. The van der Waals surface area contributed by atoms with Gasteiger partial charge in [0.15, 0.2) is 5.65 Å². The van der Waals surface area contributed by atoms with Crippen LogP contribution in [0.2, 0.25) is 0 Å². The van der Waals surface area contributed by atoms with E-state index in [4.69, 9.17) is 19.0 Å². The van der Waals surface area contributed by atoms with Crippen LogP contribution < -0.4 is 5.46 Å². The lowest BCUT2D eigenvalue weighted by atomic mass is 9.79. The van der Waals surface area contributed by atoms with Crippen molar-refractivity contribution < 1.29 is 14.0 Å². The molecule has 154 valence electrons. The SMILES string of the molecule is C=C/C=C(\C(=NC)OC)c1cn(SI)c2ncc(B3OC(C)(C)C(C)(C)O3)cc12. The maximum Gasteiger partial charge on any atom is 0.496 e. The van der Waals surface area contributed by atoms with E-state index in [1.165, 1.54) is 0 Å². The second kappa shape index (κ2) is 8.45. The number of aliphatic imine (C=N–C) groups is 1. The van der Waals surface area contributed by atoms with Gasteiger partial charge in [0.1, 0.15) is 0 Å². The van der Waals surface area contributed by atoms with Gasteiger partial charge in [-0.3, -0.25) is 8.96 Å². The van der Waals surface area contributed by atoms with Crippen molar-refractivity contribution in [2.45, 2.75) is 38.9 Å². The predicted octanol–water partition coefficient (Wildman–Crippen LogP) is 4.43. The van der Waals surface area contributed by atoms with Crippen LogP contribution in [-0.2, 0) is 14.0 Å². The smallest absolute Gasteiger partial charge is 0.481 e. The van der Waals surface area contributed by atoms with Crippen molar-refractivity contribution in [1.82, 2.24) is 8.96 Å². The summed E-state index contributed by atoms with van der Waals surface area (Å²) >= 11 is 2.24. The monoisotopic (exact) mass is 525 g/mol. The molecule has 9 heteroatoms. The second-order valence-electron chi connectivity index (χ2n) is 7.71. The third-order valence-electron chi connectivity index (χ3n) is 5.43. The Kier molecular flexibility index (Phi) is 6.52. The van der Waals surface area contributed by atoms with Gasteiger partial charge in [0, 0.05) is 71.8 Å². The molecule has 0 radical (unpaired) electrons. The molecule has 2 aromatic rings. The minimum atomic E-state index is -0.478. The highest BCUT2D eigenvalue weighted by molar-refractivity contribution is 14.2. The molecule has 1 aliphatic rings. The van der Waals surface area contributed by atoms with Gasteiger partial charge in [-0.05, 0) is 39.8 Å². The van der Waals surface area contributed by atoms with Crippen LogP contribution in [0.15, 0.2) is 42.2 Å². The number of aromatic nitrogens is 2. The van der Waals surface area contributed by atoms with Gasteiger partial charge in [0.25, 0.3) is 0 Å². The fraction of sp³-hybridized carbons (Fsp3) is 0.400. The van der Waals surface area contributed by atoms with Crippen molar-refractivity contribution in [2.24, 2.45) is 4.99 Å². The molecule has 1 fully saturated rings. The molecule has 0 aromatic carbocycles. The molecule has 2 aromatic heterocycles. The first-order valence-electron chi connectivity index (χ1n) is 9.19. The molecule has 6 nitrogen and oxygen atoms in total. The Balaban J connectivity index is 2.17. The fourth-order valence-electron chi connectivity index (χ4n) is 3.19. The number of allylic oxidation sites excluding steroid dienone is 2. The summed E-state index contributed by atoms with van der Waals surface area (Å²) in [7, 11) is 4.38. The van der Waals surface area contributed by atoms with Gasteiger partial charge >= 0.3 is 7.12 Å². The zero-order chi connectivity index (χ0) is 21.4. The van der Waals surface area contributed by atoms with Gasteiger partial charge in [-0.15, -0.1) is 0 Å². The highest BCUT2D eigenvalue weighted by atomic mass is 127. The van der Waals surface area contributed by atoms with E-state index in [1.54, 1.807) is 29.4 Å². The average molecular weight is 525 g/mol. The van der Waals surface area contributed by atoms with Crippen LogP contribution in [0.1, 0.15) is 33.3 Å². The summed E-state index contributed by atoms with van der Waals surface area (Å²) in [6.07, 6.45) is 7.47. The van der Waals surface area contributed by atoms with Crippen molar-refractivity contribution in [1.29, 1.82) is 0 Å². The zero-order valence-corrected chi connectivity index (χ0v) is 20.5. The molecule has 0 spiro atoms. The van der Waals surface area contributed by atoms with Crippen LogP contribution in [0, 0.1) is 0 Å². The lowest BCUT2D eigenvalue weighted by molar-refractivity contribution is 0.00578. The van der Waals surface area contributed by atoms with Crippen molar-refractivity contribution >= 4 is 65.4 Å². The largest absolute Gasteiger partial charge is 0.496 e. The lowest BCUT2D eigenvalue weighted by Gasteiger charge is -2.32. The van der Waals surface area contributed by atoms with Gasteiger partial charge in [-0.1, -0.05) is 12.7 Å². The van der Waals surface area contributed by atoms with Gasteiger partial charge in [0.2, 0.25) is 5.90 Å². The Morgan fingerprint density at radius 2 is 2.00 bits per heavy atom. The Morgan fingerprint density at radius 3 is 2.52 bits per heavy atom. The minimum Gasteiger partial charge on any atom is -0.481 e. The van der Waals surface area contributed by atoms with Crippen LogP contribution >= 0.6 is 30.3 Å². The number of fused-ring (bicyclic) bond motifs is 1. The van der Waals surface area contributed by atoms with Gasteiger partial charge in [-0.25, -0.2) is 4.98 Å². The summed E-state index contributed by atoms with van der Waals surface area (Å²) in [4.78, 5) is 8.98. The third-order valence-corrected chi connectivity index (χ3v) is 7.13. The predicted molar refractivity (Wildman–Crippen MR) is 131 cm³/mol. The van der Waals surface area contributed by atoms with E-state index in [1.807, 2.05) is 50.1 Å². The lowest BCUT2D eigenvalue weighted by Crippen LogP contribution is -2.41. The van der Waals surface area contributed by atoms with Crippen molar-refractivity contribution in [3.63, 3.8) is 0 Å². The van der Waals surface area contributed by atoms with Crippen molar-refractivity contribution in [3.8, 4) is 0 Å². The van der Waals surface area contributed by atoms with E-state index in [-0.39, 0.29) is 0 Å².